The zero-order valence-electron chi connectivity index (χ0n) is 10.1. The Hall–Kier alpha value is -1.15. The third-order valence-corrected chi connectivity index (χ3v) is 3.87. The van der Waals surface area contributed by atoms with E-state index in [4.69, 9.17) is 0 Å². The van der Waals surface area contributed by atoms with Gasteiger partial charge in [0.05, 0.1) is 24.9 Å². The Morgan fingerprint density at radius 2 is 1.94 bits per heavy atom. The number of hydrogen-bond donors (Lipinski definition) is 1. The highest BCUT2D eigenvalue weighted by Gasteiger charge is 2.33. The van der Waals surface area contributed by atoms with Gasteiger partial charge in [-0.3, -0.25) is 4.79 Å². The fourth-order valence-corrected chi connectivity index (χ4v) is 2.48. The summed E-state index contributed by atoms with van der Waals surface area (Å²) in [6, 6.07) is 11.0. The number of Topliss-reactive ketones (excluding diaryl/α,β-unsaturated/α-hetero) is 1. The zero-order valence-corrected chi connectivity index (χ0v) is 10.1. The molecule has 1 aliphatic rings. The predicted octanol–water partition coefficient (Wildman–Crippen LogP) is 1.07. The maximum absolute atomic E-state index is 11.6. The molecule has 16 heavy (non-hydrogen) atoms. The number of hydrogen-bond acceptors (Lipinski definition) is 1. The Bertz CT molecular complexity index is 360. The number of rotatable bonds is 2. The van der Waals surface area contributed by atoms with Crippen LogP contribution < -0.4 is 4.90 Å². The van der Waals surface area contributed by atoms with Gasteiger partial charge in [-0.15, -0.1) is 0 Å². The van der Waals surface area contributed by atoms with Crippen molar-refractivity contribution in [3.63, 3.8) is 0 Å². The molecule has 1 saturated heterocycles. The molecule has 0 radical (unpaired) electrons. The summed E-state index contributed by atoms with van der Waals surface area (Å²) in [5.41, 5.74) is 1.37. The maximum atomic E-state index is 11.6. The van der Waals surface area contributed by atoms with Crippen LogP contribution in [0.1, 0.15) is 25.8 Å². The number of likely N-dealkylation sites (tertiary alicyclic amines) is 1. The lowest BCUT2D eigenvalue weighted by atomic mass is 9.90. The van der Waals surface area contributed by atoms with E-state index in [9.17, 15) is 4.79 Å². The molecule has 1 unspecified atom stereocenters. The summed E-state index contributed by atoms with van der Waals surface area (Å²) in [5.74, 6) is 0.650. The fourth-order valence-electron chi connectivity index (χ4n) is 2.48. The number of carbonyl (C=O) groups excluding carboxylic acids is 1. The molecule has 2 rings (SSSR count). The van der Waals surface area contributed by atoms with Gasteiger partial charge in [0.2, 0.25) is 0 Å². The van der Waals surface area contributed by atoms with E-state index in [0.717, 1.165) is 19.5 Å². The van der Waals surface area contributed by atoms with Crippen LogP contribution in [0.2, 0.25) is 0 Å². The summed E-state index contributed by atoms with van der Waals surface area (Å²) in [4.78, 5) is 13.1. The smallest absolute Gasteiger partial charge is 0.147 e. The van der Waals surface area contributed by atoms with Crippen molar-refractivity contribution in [3.05, 3.63) is 35.9 Å². The Kier molecular flexibility index (Phi) is 3.39. The molecule has 0 bridgehead atoms. The van der Waals surface area contributed by atoms with E-state index in [1.165, 1.54) is 5.56 Å². The van der Waals surface area contributed by atoms with Gasteiger partial charge < -0.3 is 4.90 Å². The Balaban J connectivity index is 2.03. The number of carbonyl (C=O) groups is 1. The third kappa shape index (κ3) is 2.33. The van der Waals surface area contributed by atoms with E-state index >= 15 is 0 Å². The SMILES string of the molecule is C[C@@H]1[C@@H](C)C(=O)CC[NH+]1Cc1ccccc1. The summed E-state index contributed by atoms with van der Waals surface area (Å²) >= 11 is 0. The first-order valence-electron chi connectivity index (χ1n) is 6.09. The standard InChI is InChI=1S/C14H19NO/c1-11-12(2)15(9-8-14(11)16)10-13-6-4-3-5-7-13/h3-7,11-12H,8-10H2,1-2H3/p+1/t11-,12-/m1/s1. The molecular formula is C14H20NO+. The first-order chi connectivity index (χ1) is 7.68. The van der Waals surface area contributed by atoms with Gasteiger partial charge in [0.25, 0.3) is 0 Å². The second-order valence-corrected chi connectivity index (χ2v) is 4.86. The molecule has 1 aromatic rings. The highest BCUT2D eigenvalue weighted by Crippen LogP contribution is 2.09. The van der Waals surface area contributed by atoms with Gasteiger partial charge in [-0.25, -0.2) is 0 Å². The number of ketones is 1. The van der Waals surface area contributed by atoms with Crippen molar-refractivity contribution in [2.75, 3.05) is 6.54 Å². The minimum Gasteiger partial charge on any atom is -0.328 e. The molecule has 0 spiro atoms. The van der Waals surface area contributed by atoms with Crippen molar-refractivity contribution in [2.45, 2.75) is 32.9 Å². The van der Waals surface area contributed by atoms with Crippen LogP contribution in [0.15, 0.2) is 30.3 Å². The molecule has 0 aromatic heterocycles. The van der Waals surface area contributed by atoms with E-state index < -0.39 is 0 Å². The molecule has 86 valence electrons. The summed E-state index contributed by atoms with van der Waals surface area (Å²) in [7, 11) is 0. The predicted molar refractivity (Wildman–Crippen MR) is 64.2 cm³/mol. The fraction of sp³-hybridized carbons (Fsp3) is 0.500. The molecule has 1 heterocycles. The molecule has 1 fully saturated rings. The van der Waals surface area contributed by atoms with Crippen molar-refractivity contribution >= 4 is 5.78 Å². The summed E-state index contributed by atoms with van der Waals surface area (Å²) in [5, 5.41) is 0. The maximum Gasteiger partial charge on any atom is 0.147 e. The number of piperidine rings is 1. The minimum absolute atomic E-state index is 0.215. The van der Waals surface area contributed by atoms with Crippen molar-refractivity contribution in [2.24, 2.45) is 5.92 Å². The number of quaternary nitrogens is 1. The van der Waals surface area contributed by atoms with Gasteiger partial charge in [-0.1, -0.05) is 30.3 Å². The Morgan fingerprint density at radius 1 is 1.25 bits per heavy atom. The first kappa shape index (κ1) is 11.3. The average Bonchev–Trinajstić information content (AvgIpc) is 2.31. The second kappa shape index (κ2) is 4.79. The largest absolute Gasteiger partial charge is 0.328 e. The van der Waals surface area contributed by atoms with Gasteiger partial charge in [-0.2, -0.15) is 0 Å². The van der Waals surface area contributed by atoms with Crippen LogP contribution in [-0.2, 0) is 11.3 Å². The summed E-state index contributed by atoms with van der Waals surface area (Å²) < 4.78 is 0. The van der Waals surface area contributed by atoms with Crippen LogP contribution in [0.25, 0.3) is 0 Å². The van der Waals surface area contributed by atoms with Crippen LogP contribution in [0, 0.1) is 5.92 Å². The second-order valence-electron chi connectivity index (χ2n) is 4.86. The van der Waals surface area contributed by atoms with Crippen molar-refractivity contribution in [1.82, 2.24) is 0 Å². The molecular weight excluding hydrogens is 198 g/mol. The van der Waals surface area contributed by atoms with Crippen LogP contribution in [0.4, 0.5) is 0 Å². The number of benzene rings is 1. The Labute approximate surface area is 97.3 Å². The van der Waals surface area contributed by atoms with Gasteiger partial charge in [0, 0.05) is 5.56 Å². The number of nitrogens with one attached hydrogen (secondary N) is 1. The first-order valence-corrected chi connectivity index (χ1v) is 6.09. The monoisotopic (exact) mass is 218 g/mol. The van der Waals surface area contributed by atoms with Gasteiger partial charge in [0.15, 0.2) is 0 Å². The zero-order chi connectivity index (χ0) is 11.5. The van der Waals surface area contributed by atoms with E-state index in [2.05, 4.69) is 38.1 Å². The van der Waals surface area contributed by atoms with Crippen LogP contribution >= 0.6 is 0 Å². The average molecular weight is 218 g/mol. The molecule has 1 aliphatic heterocycles. The lowest BCUT2D eigenvalue weighted by Crippen LogP contribution is -3.16. The highest BCUT2D eigenvalue weighted by molar-refractivity contribution is 5.81. The summed E-state index contributed by atoms with van der Waals surface area (Å²) in [6.07, 6.45) is 0.744. The normalized spacial score (nSPS) is 30.4. The van der Waals surface area contributed by atoms with Gasteiger partial charge in [-0.05, 0) is 13.8 Å². The van der Waals surface area contributed by atoms with Crippen molar-refractivity contribution in [1.29, 1.82) is 0 Å². The highest BCUT2D eigenvalue weighted by atomic mass is 16.1. The molecule has 2 heteroatoms. The molecule has 2 nitrogen and oxygen atoms in total. The lowest BCUT2D eigenvalue weighted by Gasteiger charge is -2.33. The molecule has 0 saturated carbocycles. The third-order valence-electron chi connectivity index (χ3n) is 3.87. The van der Waals surface area contributed by atoms with Gasteiger partial charge >= 0.3 is 0 Å². The molecule has 0 amide bonds. The lowest BCUT2D eigenvalue weighted by molar-refractivity contribution is -0.941. The molecule has 0 aliphatic carbocycles. The summed E-state index contributed by atoms with van der Waals surface area (Å²) in [6.45, 7) is 6.29. The quantitative estimate of drug-likeness (QED) is 0.788. The van der Waals surface area contributed by atoms with E-state index in [0.29, 0.717) is 11.8 Å². The topological polar surface area (TPSA) is 21.5 Å². The van der Waals surface area contributed by atoms with E-state index in [1.54, 1.807) is 4.90 Å². The Morgan fingerprint density at radius 3 is 2.62 bits per heavy atom. The molecule has 1 N–H and O–H groups in total. The van der Waals surface area contributed by atoms with Gasteiger partial charge in [0.1, 0.15) is 12.3 Å². The van der Waals surface area contributed by atoms with Crippen LogP contribution in [0.5, 0.6) is 0 Å². The molecule has 3 atom stereocenters. The van der Waals surface area contributed by atoms with Crippen LogP contribution in [0.3, 0.4) is 0 Å². The minimum atomic E-state index is 0.215. The van der Waals surface area contributed by atoms with Crippen molar-refractivity contribution in [3.8, 4) is 0 Å². The van der Waals surface area contributed by atoms with E-state index in [-0.39, 0.29) is 5.92 Å². The van der Waals surface area contributed by atoms with E-state index in [1.807, 2.05) is 6.07 Å². The van der Waals surface area contributed by atoms with Crippen LogP contribution in [-0.4, -0.2) is 18.4 Å². The van der Waals surface area contributed by atoms with Crippen molar-refractivity contribution < 1.29 is 9.69 Å². The molecule has 1 aromatic carbocycles.